The lowest BCUT2D eigenvalue weighted by Crippen LogP contribution is -2.50. The Morgan fingerprint density at radius 1 is 1.19 bits per heavy atom. The van der Waals surface area contributed by atoms with Crippen LogP contribution < -0.4 is 0 Å². The van der Waals surface area contributed by atoms with Gasteiger partial charge in [-0.2, -0.15) is 0 Å². The average Bonchev–Trinajstić information content (AvgIpc) is 2.15. The van der Waals surface area contributed by atoms with Gasteiger partial charge in [0.1, 0.15) is 0 Å². The first-order valence-corrected chi connectivity index (χ1v) is 6.73. The third-order valence-corrected chi connectivity index (χ3v) is 5.06. The molecular weight excluding hydrogens is 196 g/mol. The Morgan fingerprint density at radius 3 is 2.44 bits per heavy atom. The molecule has 0 aromatic rings. The van der Waals surface area contributed by atoms with E-state index in [-0.39, 0.29) is 5.60 Å². The quantitative estimate of drug-likeness (QED) is 0.637. The van der Waals surface area contributed by atoms with Crippen LogP contribution in [0, 0.1) is 17.3 Å². The zero-order valence-corrected chi connectivity index (χ0v) is 11.3. The van der Waals surface area contributed by atoms with Gasteiger partial charge in [0.25, 0.3) is 0 Å². The van der Waals surface area contributed by atoms with Crippen LogP contribution in [0.5, 0.6) is 0 Å². The molecule has 0 saturated heterocycles. The summed E-state index contributed by atoms with van der Waals surface area (Å²) in [5, 5.41) is 0. The second-order valence-corrected chi connectivity index (χ2v) is 6.49. The lowest BCUT2D eigenvalue weighted by atomic mass is 9.54. The smallest absolute Gasteiger partial charge is 0.0719 e. The van der Waals surface area contributed by atoms with E-state index in [9.17, 15) is 0 Å². The van der Waals surface area contributed by atoms with Crippen molar-refractivity contribution < 1.29 is 4.74 Å². The molecule has 0 aromatic heterocycles. The first-order chi connectivity index (χ1) is 7.41. The second kappa shape index (κ2) is 3.87. The van der Waals surface area contributed by atoms with E-state index in [1.54, 1.807) is 0 Å². The largest absolute Gasteiger partial charge is 0.375 e. The van der Waals surface area contributed by atoms with Gasteiger partial charge < -0.3 is 4.74 Å². The fourth-order valence-corrected chi connectivity index (χ4v) is 4.00. The Hall–Kier alpha value is -0.300. The SMILES string of the molecule is C=C1[C@@H]2CC[C@](C)(OCC)[C@H]1CCC2(C)C. The maximum absolute atomic E-state index is 6.03. The molecule has 1 nitrogen and oxygen atoms in total. The predicted molar refractivity (Wildman–Crippen MR) is 68.4 cm³/mol. The molecule has 0 N–H and O–H groups in total. The van der Waals surface area contributed by atoms with Gasteiger partial charge in [-0.05, 0) is 50.9 Å². The van der Waals surface area contributed by atoms with Crippen molar-refractivity contribution in [3.8, 4) is 0 Å². The molecule has 0 heterocycles. The molecule has 1 heteroatoms. The summed E-state index contributed by atoms with van der Waals surface area (Å²) in [4.78, 5) is 0. The van der Waals surface area contributed by atoms with Gasteiger partial charge in [0, 0.05) is 12.5 Å². The van der Waals surface area contributed by atoms with Gasteiger partial charge in [0.2, 0.25) is 0 Å². The van der Waals surface area contributed by atoms with Crippen molar-refractivity contribution >= 4 is 0 Å². The minimum Gasteiger partial charge on any atom is -0.375 e. The Labute approximate surface area is 100 Å². The first-order valence-electron chi connectivity index (χ1n) is 6.73. The normalized spacial score (nSPS) is 42.1. The van der Waals surface area contributed by atoms with Crippen LogP contribution in [0.1, 0.15) is 53.4 Å². The number of hydrogen-bond donors (Lipinski definition) is 0. The highest BCUT2D eigenvalue weighted by molar-refractivity contribution is 5.21. The third-order valence-electron chi connectivity index (χ3n) is 5.06. The monoisotopic (exact) mass is 222 g/mol. The summed E-state index contributed by atoms with van der Waals surface area (Å²) in [6.07, 6.45) is 5.06. The Bertz CT molecular complexity index is 292. The molecular formula is C15H26O. The van der Waals surface area contributed by atoms with E-state index in [2.05, 4.69) is 34.3 Å². The molecule has 0 aromatic carbocycles. The van der Waals surface area contributed by atoms with Crippen LogP contribution in [0.15, 0.2) is 12.2 Å². The van der Waals surface area contributed by atoms with Gasteiger partial charge in [0.05, 0.1) is 5.60 Å². The van der Waals surface area contributed by atoms with Crippen LogP contribution in [-0.4, -0.2) is 12.2 Å². The number of fused-ring (bicyclic) bond motifs is 2. The van der Waals surface area contributed by atoms with Gasteiger partial charge in [0.15, 0.2) is 0 Å². The van der Waals surface area contributed by atoms with Crippen molar-refractivity contribution in [3.05, 3.63) is 12.2 Å². The summed E-state index contributed by atoms with van der Waals surface area (Å²) in [5.41, 5.74) is 2.00. The van der Waals surface area contributed by atoms with Crippen LogP contribution in [0.3, 0.4) is 0 Å². The fraction of sp³-hybridized carbons (Fsp3) is 0.867. The molecule has 2 rings (SSSR count). The van der Waals surface area contributed by atoms with E-state index < -0.39 is 0 Å². The van der Waals surface area contributed by atoms with Crippen molar-refractivity contribution in [3.63, 3.8) is 0 Å². The lowest BCUT2D eigenvalue weighted by Gasteiger charge is -2.54. The van der Waals surface area contributed by atoms with Crippen molar-refractivity contribution in [2.45, 2.75) is 59.0 Å². The van der Waals surface area contributed by atoms with E-state index >= 15 is 0 Å². The third kappa shape index (κ3) is 1.73. The van der Waals surface area contributed by atoms with Crippen LogP contribution in [0.2, 0.25) is 0 Å². The van der Waals surface area contributed by atoms with E-state index in [0.717, 1.165) is 12.5 Å². The molecule has 0 radical (unpaired) electrons. The summed E-state index contributed by atoms with van der Waals surface area (Å²) < 4.78 is 6.03. The molecule has 2 aliphatic carbocycles. The molecule has 3 atom stereocenters. The summed E-state index contributed by atoms with van der Waals surface area (Å²) in [7, 11) is 0. The molecule has 16 heavy (non-hydrogen) atoms. The van der Waals surface area contributed by atoms with E-state index in [1.807, 2.05) is 0 Å². The molecule has 2 saturated carbocycles. The molecule has 0 aliphatic heterocycles. The van der Waals surface area contributed by atoms with Crippen LogP contribution in [-0.2, 0) is 4.74 Å². The molecule has 0 amide bonds. The van der Waals surface area contributed by atoms with Crippen molar-refractivity contribution in [1.29, 1.82) is 0 Å². The summed E-state index contributed by atoms with van der Waals surface area (Å²) in [6, 6.07) is 0. The zero-order chi connectivity index (χ0) is 12.0. The first kappa shape index (κ1) is 12.2. The highest BCUT2D eigenvalue weighted by Gasteiger charge is 2.50. The standard InChI is InChI=1S/C15H26O/c1-6-16-15(5)10-8-12-11(2)13(15)7-9-14(12,3)4/h12-13H,2,6-10H2,1,3-5H3/t12-,13-,15-/m0/s1. The van der Waals surface area contributed by atoms with Crippen LogP contribution in [0.25, 0.3) is 0 Å². The van der Waals surface area contributed by atoms with Gasteiger partial charge in [-0.25, -0.2) is 0 Å². The number of ether oxygens (including phenoxy) is 1. The van der Waals surface area contributed by atoms with E-state index in [1.165, 1.54) is 31.3 Å². The maximum atomic E-state index is 6.03. The number of rotatable bonds is 2. The molecule has 92 valence electrons. The van der Waals surface area contributed by atoms with Gasteiger partial charge >= 0.3 is 0 Å². The van der Waals surface area contributed by atoms with E-state index in [4.69, 9.17) is 4.74 Å². The maximum Gasteiger partial charge on any atom is 0.0719 e. The zero-order valence-electron chi connectivity index (χ0n) is 11.3. The Balaban J connectivity index is 2.23. The Morgan fingerprint density at radius 2 is 1.81 bits per heavy atom. The lowest BCUT2D eigenvalue weighted by molar-refractivity contribution is -0.105. The summed E-state index contributed by atoms with van der Waals surface area (Å²) in [6.45, 7) is 14.4. The predicted octanol–water partition coefficient (Wildman–Crippen LogP) is 4.18. The average molecular weight is 222 g/mol. The molecule has 2 aliphatic rings. The highest BCUT2D eigenvalue weighted by Crippen LogP contribution is 2.56. The second-order valence-electron chi connectivity index (χ2n) is 6.49. The molecule has 0 spiro atoms. The van der Waals surface area contributed by atoms with Crippen molar-refractivity contribution in [2.24, 2.45) is 17.3 Å². The van der Waals surface area contributed by atoms with Crippen LogP contribution >= 0.6 is 0 Å². The van der Waals surface area contributed by atoms with E-state index in [0.29, 0.717) is 11.3 Å². The highest BCUT2D eigenvalue weighted by atomic mass is 16.5. The molecule has 2 bridgehead atoms. The van der Waals surface area contributed by atoms with Crippen LogP contribution in [0.4, 0.5) is 0 Å². The molecule has 2 fully saturated rings. The minimum atomic E-state index is 0.0683. The molecule has 0 unspecified atom stereocenters. The summed E-state index contributed by atoms with van der Waals surface area (Å²) in [5.74, 6) is 1.32. The van der Waals surface area contributed by atoms with Crippen molar-refractivity contribution in [2.75, 3.05) is 6.61 Å². The Kier molecular flexibility index (Phi) is 2.94. The van der Waals surface area contributed by atoms with Gasteiger partial charge in [-0.3, -0.25) is 0 Å². The number of hydrogen-bond acceptors (Lipinski definition) is 1. The minimum absolute atomic E-state index is 0.0683. The van der Waals surface area contributed by atoms with Gasteiger partial charge in [-0.15, -0.1) is 0 Å². The summed E-state index contributed by atoms with van der Waals surface area (Å²) >= 11 is 0. The fourth-order valence-electron chi connectivity index (χ4n) is 4.00. The van der Waals surface area contributed by atoms with Crippen molar-refractivity contribution in [1.82, 2.24) is 0 Å². The van der Waals surface area contributed by atoms with Gasteiger partial charge in [-0.1, -0.05) is 26.0 Å². The topological polar surface area (TPSA) is 9.23 Å².